The normalized spacial score (nSPS) is 20.5. The zero-order chi connectivity index (χ0) is 14.6. The van der Waals surface area contributed by atoms with Gasteiger partial charge in [0.15, 0.2) is 0 Å². The average molecular weight is 280 g/mol. The van der Waals surface area contributed by atoms with Crippen LogP contribution in [0.3, 0.4) is 0 Å². The average Bonchev–Trinajstić information content (AvgIpc) is 3.05. The smallest absolute Gasteiger partial charge is 0.227 e. The third-order valence-corrected chi connectivity index (χ3v) is 4.60. The number of hydrogen-bond donors (Lipinski definition) is 0. The Labute approximate surface area is 122 Å². The van der Waals surface area contributed by atoms with Crippen molar-refractivity contribution in [3.8, 4) is 0 Å². The molecule has 0 aromatic heterocycles. The molecule has 0 spiro atoms. The maximum absolute atomic E-state index is 12.2. The minimum Gasteiger partial charge on any atom is -0.550 e. The van der Waals surface area contributed by atoms with Gasteiger partial charge in [-0.3, -0.25) is 4.79 Å². The van der Waals surface area contributed by atoms with Crippen LogP contribution in [0.1, 0.15) is 17.5 Å². The van der Waals surface area contributed by atoms with E-state index >= 15 is 0 Å². The van der Waals surface area contributed by atoms with Gasteiger partial charge in [0, 0.05) is 30.2 Å². The van der Waals surface area contributed by atoms with Gasteiger partial charge in [-0.15, -0.1) is 0 Å². The Hall–Kier alpha value is -2.36. The zero-order valence-corrected chi connectivity index (χ0v) is 11.5. The molecule has 2 aromatic rings. The van der Waals surface area contributed by atoms with E-state index in [4.69, 9.17) is 0 Å². The molecule has 1 fully saturated rings. The lowest BCUT2D eigenvalue weighted by Crippen LogP contribution is -2.33. The second kappa shape index (κ2) is 4.32. The molecule has 21 heavy (non-hydrogen) atoms. The zero-order valence-electron chi connectivity index (χ0n) is 11.5. The molecule has 4 nitrogen and oxygen atoms in total. The molecular formula is C17H14NO3-. The van der Waals surface area contributed by atoms with Crippen molar-refractivity contribution in [2.45, 2.75) is 19.3 Å². The van der Waals surface area contributed by atoms with Gasteiger partial charge in [0.1, 0.15) is 0 Å². The summed E-state index contributed by atoms with van der Waals surface area (Å²) in [6, 6.07) is 10.2. The standard InChI is InChI=1S/C17H15NO3/c19-15-8-12(17(20)21)9-18(15)14-7-6-11-5-4-10-2-1-3-13(14)16(10)11/h1-3,6-7,12H,4-5,8-9H2,(H,20,21)/p-1/t12-/m0/s1. The first-order chi connectivity index (χ1) is 10.1. The van der Waals surface area contributed by atoms with Gasteiger partial charge < -0.3 is 14.8 Å². The Morgan fingerprint density at radius 1 is 1.14 bits per heavy atom. The van der Waals surface area contributed by atoms with Crippen molar-refractivity contribution in [2.75, 3.05) is 11.4 Å². The molecule has 1 aliphatic heterocycles. The summed E-state index contributed by atoms with van der Waals surface area (Å²) in [5.74, 6) is -1.99. The largest absolute Gasteiger partial charge is 0.550 e. The molecule has 1 amide bonds. The third kappa shape index (κ3) is 1.75. The van der Waals surface area contributed by atoms with Crippen molar-refractivity contribution in [1.82, 2.24) is 0 Å². The number of carbonyl (C=O) groups is 2. The molecule has 1 atom stereocenters. The van der Waals surface area contributed by atoms with E-state index < -0.39 is 11.9 Å². The molecule has 0 bridgehead atoms. The number of aryl methyl sites for hydroxylation is 2. The Morgan fingerprint density at radius 3 is 2.62 bits per heavy atom. The molecule has 0 radical (unpaired) electrons. The monoisotopic (exact) mass is 280 g/mol. The number of carboxylic acid groups (broad SMARTS) is 1. The minimum atomic E-state index is -1.14. The maximum atomic E-state index is 12.2. The van der Waals surface area contributed by atoms with Crippen LogP contribution in [0.5, 0.6) is 0 Å². The summed E-state index contributed by atoms with van der Waals surface area (Å²) in [5, 5.41) is 13.3. The number of carbonyl (C=O) groups excluding carboxylic acids is 2. The molecule has 0 N–H and O–H groups in total. The van der Waals surface area contributed by atoms with Crippen LogP contribution in [0.15, 0.2) is 30.3 Å². The summed E-state index contributed by atoms with van der Waals surface area (Å²) in [5.41, 5.74) is 3.45. The van der Waals surface area contributed by atoms with Crippen molar-refractivity contribution in [1.29, 1.82) is 0 Å². The van der Waals surface area contributed by atoms with Crippen LogP contribution in [-0.2, 0) is 22.4 Å². The molecule has 1 aliphatic carbocycles. The highest BCUT2D eigenvalue weighted by atomic mass is 16.4. The van der Waals surface area contributed by atoms with Crippen LogP contribution in [0.25, 0.3) is 10.8 Å². The number of amides is 1. The fraction of sp³-hybridized carbons (Fsp3) is 0.294. The molecular weight excluding hydrogens is 266 g/mol. The van der Waals surface area contributed by atoms with E-state index in [9.17, 15) is 14.7 Å². The molecule has 2 aromatic carbocycles. The molecule has 1 saturated heterocycles. The lowest BCUT2D eigenvalue weighted by Gasteiger charge is -2.20. The molecule has 106 valence electrons. The lowest BCUT2D eigenvalue weighted by molar-refractivity contribution is -0.310. The highest BCUT2D eigenvalue weighted by Crippen LogP contribution is 2.38. The van der Waals surface area contributed by atoms with Gasteiger partial charge in [-0.25, -0.2) is 0 Å². The summed E-state index contributed by atoms with van der Waals surface area (Å²) in [6.07, 6.45) is 2.10. The van der Waals surface area contributed by atoms with Crippen molar-refractivity contribution < 1.29 is 14.7 Å². The second-order valence-electron chi connectivity index (χ2n) is 5.81. The van der Waals surface area contributed by atoms with E-state index in [1.165, 1.54) is 16.5 Å². The number of rotatable bonds is 2. The van der Waals surface area contributed by atoms with Crippen molar-refractivity contribution in [3.63, 3.8) is 0 Å². The summed E-state index contributed by atoms with van der Waals surface area (Å²) >= 11 is 0. The summed E-state index contributed by atoms with van der Waals surface area (Å²) in [6.45, 7) is 0.208. The fourth-order valence-corrected chi connectivity index (χ4v) is 3.57. The number of anilines is 1. The first-order valence-electron chi connectivity index (χ1n) is 7.20. The van der Waals surface area contributed by atoms with E-state index in [1.807, 2.05) is 18.2 Å². The van der Waals surface area contributed by atoms with Crippen LogP contribution >= 0.6 is 0 Å². The second-order valence-corrected chi connectivity index (χ2v) is 5.81. The molecule has 4 heteroatoms. The van der Waals surface area contributed by atoms with Gasteiger partial charge in [0.2, 0.25) is 5.91 Å². The first-order valence-corrected chi connectivity index (χ1v) is 7.20. The minimum absolute atomic E-state index is 0.0330. The topological polar surface area (TPSA) is 60.4 Å². The Balaban J connectivity index is 1.85. The van der Waals surface area contributed by atoms with E-state index in [0.29, 0.717) is 0 Å². The van der Waals surface area contributed by atoms with Gasteiger partial charge in [0.05, 0.1) is 5.69 Å². The summed E-state index contributed by atoms with van der Waals surface area (Å²) in [7, 11) is 0. The van der Waals surface area contributed by atoms with Gasteiger partial charge in [-0.1, -0.05) is 24.3 Å². The van der Waals surface area contributed by atoms with Crippen LogP contribution in [0.4, 0.5) is 5.69 Å². The predicted molar refractivity (Wildman–Crippen MR) is 76.8 cm³/mol. The molecule has 2 aliphatic rings. The predicted octanol–water partition coefficient (Wildman–Crippen LogP) is 1.04. The summed E-state index contributed by atoms with van der Waals surface area (Å²) < 4.78 is 0. The number of aliphatic carboxylic acids is 1. The maximum Gasteiger partial charge on any atom is 0.227 e. The van der Waals surface area contributed by atoms with Gasteiger partial charge in [-0.05, 0) is 35.4 Å². The fourth-order valence-electron chi connectivity index (χ4n) is 3.57. The number of carboxylic acids is 1. The Bertz CT molecular complexity index is 771. The Morgan fingerprint density at radius 2 is 1.90 bits per heavy atom. The van der Waals surface area contributed by atoms with Crippen molar-refractivity contribution in [3.05, 3.63) is 41.5 Å². The number of benzene rings is 2. The van der Waals surface area contributed by atoms with Gasteiger partial charge in [0.25, 0.3) is 0 Å². The quantitative estimate of drug-likeness (QED) is 0.826. The van der Waals surface area contributed by atoms with Crippen LogP contribution < -0.4 is 10.0 Å². The highest BCUT2D eigenvalue weighted by molar-refractivity contribution is 6.08. The van der Waals surface area contributed by atoms with Crippen LogP contribution in [-0.4, -0.2) is 18.4 Å². The molecule has 1 heterocycles. The first kappa shape index (κ1) is 12.4. The van der Waals surface area contributed by atoms with Crippen molar-refractivity contribution >= 4 is 28.3 Å². The van der Waals surface area contributed by atoms with E-state index in [-0.39, 0.29) is 18.9 Å². The van der Waals surface area contributed by atoms with Crippen LogP contribution in [0.2, 0.25) is 0 Å². The van der Waals surface area contributed by atoms with Crippen molar-refractivity contribution in [2.24, 2.45) is 5.92 Å². The molecule has 0 unspecified atom stereocenters. The Kier molecular flexibility index (Phi) is 2.55. The van der Waals surface area contributed by atoms with E-state index in [2.05, 4.69) is 12.1 Å². The van der Waals surface area contributed by atoms with Gasteiger partial charge >= 0.3 is 0 Å². The SMILES string of the molecule is O=C([O-])[C@H]1CC(=O)N(c2ccc3c4c(cccc24)CC3)C1. The lowest BCUT2D eigenvalue weighted by atomic mass is 10.0. The highest BCUT2D eigenvalue weighted by Gasteiger charge is 2.32. The number of nitrogens with zero attached hydrogens (tertiary/aromatic N) is 1. The third-order valence-electron chi connectivity index (χ3n) is 4.60. The van der Waals surface area contributed by atoms with Crippen LogP contribution in [0, 0.1) is 5.92 Å². The summed E-state index contributed by atoms with van der Waals surface area (Å²) in [4.78, 5) is 24.8. The molecule has 4 rings (SSSR count). The molecule has 0 saturated carbocycles. The number of hydrogen-bond acceptors (Lipinski definition) is 3. The van der Waals surface area contributed by atoms with Gasteiger partial charge in [-0.2, -0.15) is 0 Å². The van der Waals surface area contributed by atoms with E-state index in [1.54, 1.807) is 4.90 Å². The van der Waals surface area contributed by atoms with E-state index in [0.717, 1.165) is 23.9 Å².